The van der Waals surface area contributed by atoms with Gasteiger partial charge in [0.25, 0.3) is 0 Å². The fraction of sp³-hybridized carbons (Fsp3) is 0.625. The third-order valence-electron chi connectivity index (χ3n) is 3.01. The molecule has 0 aliphatic rings. The Morgan fingerprint density at radius 3 is 2.43 bits per heavy atom. The summed E-state index contributed by atoms with van der Waals surface area (Å²) in [4.78, 5) is 0. The van der Waals surface area contributed by atoms with Crippen LogP contribution in [0.5, 0.6) is 5.75 Å². The maximum Gasteiger partial charge on any atom is 0.389 e. The van der Waals surface area contributed by atoms with Crippen molar-refractivity contribution in [3.63, 3.8) is 0 Å². The predicted molar refractivity (Wildman–Crippen MR) is 78.5 cm³/mol. The van der Waals surface area contributed by atoms with Gasteiger partial charge in [0, 0.05) is 18.0 Å². The number of para-hydroxylation sites is 1. The second-order valence-electron chi connectivity index (χ2n) is 5.36. The van der Waals surface area contributed by atoms with Crippen LogP contribution in [-0.2, 0) is 0 Å². The molecule has 0 aliphatic carbocycles. The zero-order valence-corrected chi connectivity index (χ0v) is 12.8. The van der Waals surface area contributed by atoms with Crippen molar-refractivity contribution < 1.29 is 17.9 Å². The van der Waals surface area contributed by atoms with E-state index >= 15 is 0 Å². The SMILES string of the molecule is CCCNC(CCC(F)(F)F)c1ccccc1OC(C)C. The maximum absolute atomic E-state index is 12.5. The molecule has 120 valence electrons. The van der Waals surface area contributed by atoms with Crippen LogP contribution in [0.3, 0.4) is 0 Å². The van der Waals surface area contributed by atoms with Crippen molar-refractivity contribution >= 4 is 0 Å². The first kappa shape index (κ1) is 17.8. The van der Waals surface area contributed by atoms with E-state index in [1.807, 2.05) is 45.0 Å². The second-order valence-corrected chi connectivity index (χ2v) is 5.36. The Kier molecular flexibility index (Phi) is 7.02. The number of hydrogen-bond acceptors (Lipinski definition) is 2. The van der Waals surface area contributed by atoms with Crippen LogP contribution < -0.4 is 10.1 Å². The molecule has 0 aliphatic heterocycles. The smallest absolute Gasteiger partial charge is 0.389 e. The summed E-state index contributed by atoms with van der Waals surface area (Å²) in [6, 6.07) is 6.96. The molecule has 0 fully saturated rings. The molecule has 0 saturated carbocycles. The largest absolute Gasteiger partial charge is 0.491 e. The van der Waals surface area contributed by atoms with Crippen molar-refractivity contribution in [3.8, 4) is 5.75 Å². The summed E-state index contributed by atoms with van der Waals surface area (Å²) in [5.41, 5.74) is 0.795. The Morgan fingerprint density at radius 2 is 1.86 bits per heavy atom. The zero-order valence-electron chi connectivity index (χ0n) is 12.8. The Balaban J connectivity index is 2.90. The lowest BCUT2D eigenvalue weighted by atomic mass is 10.0. The topological polar surface area (TPSA) is 21.3 Å². The van der Waals surface area contributed by atoms with Crippen LogP contribution >= 0.6 is 0 Å². The van der Waals surface area contributed by atoms with Gasteiger partial charge in [-0.25, -0.2) is 0 Å². The van der Waals surface area contributed by atoms with Gasteiger partial charge in [-0.2, -0.15) is 13.2 Å². The van der Waals surface area contributed by atoms with Gasteiger partial charge in [-0.15, -0.1) is 0 Å². The molecule has 21 heavy (non-hydrogen) atoms. The molecule has 1 rings (SSSR count). The van der Waals surface area contributed by atoms with Gasteiger partial charge in [0.15, 0.2) is 0 Å². The lowest BCUT2D eigenvalue weighted by molar-refractivity contribution is -0.136. The van der Waals surface area contributed by atoms with Crippen molar-refractivity contribution in [2.75, 3.05) is 6.54 Å². The monoisotopic (exact) mass is 303 g/mol. The van der Waals surface area contributed by atoms with E-state index in [1.54, 1.807) is 0 Å². The van der Waals surface area contributed by atoms with Crippen LogP contribution in [0.1, 0.15) is 51.6 Å². The number of benzene rings is 1. The highest BCUT2D eigenvalue weighted by atomic mass is 19.4. The molecular formula is C16H24F3NO. The van der Waals surface area contributed by atoms with E-state index in [2.05, 4.69) is 5.32 Å². The molecule has 1 aromatic rings. The second kappa shape index (κ2) is 8.27. The van der Waals surface area contributed by atoms with E-state index in [-0.39, 0.29) is 18.6 Å². The average molecular weight is 303 g/mol. The lowest BCUT2D eigenvalue weighted by Crippen LogP contribution is -2.25. The fourth-order valence-corrected chi connectivity index (χ4v) is 2.12. The van der Waals surface area contributed by atoms with Gasteiger partial charge in [-0.1, -0.05) is 25.1 Å². The molecule has 1 unspecified atom stereocenters. The van der Waals surface area contributed by atoms with E-state index in [0.717, 1.165) is 12.0 Å². The Morgan fingerprint density at radius 1 is 1.19 bits per heavy atom. The minimum Gasteiger partial charge on any atom is -0.491 e. The predicted octanol–water partition coefficient (Wildman–Crippen LogP) is 4.86. The molecule has 1 atom stereocenters. The number of nitrogens with one attached hydrogen (secondary N) is 1. The van der Waals surface area contributed by atoms with Crippen LogP contribution in [0.2, 0.25) is 0 Å². The summed E-state index contributed by atoms with van der Waals surface area (Å²) in [6.45, 7) is 6.48. The molecule has 0 saturated heterocycles. The summed E-state index contributed by atoms with van der Waals surface area (Å²) >= 11 is 0. The Hall–Kier alpha value is -1.23. The van der Waals surface area contributed by atoms with Gasteiger partial charge >= 0.3 is 6.18 Å². The number of ether oxygens (including phenoxy) is 1. The van der Waals surface area contributed by atoms with Gasteiger partial charge in [0.05, 0.1) is 6.10 Å². The first-order valence-corrected chi connectivity index (χ1v) is 7.39. The highest BCUT2D eigenvalue weighted by Crippen LogP contribution is 2.32. The van der Waals surface area contributed by atoms with Gasteiger partial charge in [0.1, 0.15) is 5.75 Å². The number of rotatable bonds is 8. The number of halogens is 3. The van der Waals surface area contributed by atoms with Crippen LogP contribution in [0.4, 0.5) is 13.2 Å². The molecule has 0 aromatic heterocycles. The summed E-state index contributed by atoms with van der Waals surface area (Å²) in [5.74, 6) is 0.656. The van der Waals surface area contributed by atoms with Crippen LogP contribution in [-0.4, -0.2) is 18.8 Å². The Bertz CT molecular complexity index is 418. The third-order valence-corrected chi connectivity index (χ3v) is 3.01. The molecular weight excluding hydrogens is 279 g/mol. The molecule has 0 amide bonds. The van der Waals surface area contributed by atoms with Crippen molar-refractivity contribution in [3.05, 3.63) is 29.8 Å². The molecule has 1 aromatic carbocycles. The van der Waals surface area contributed by atoms with Crippen LogP contribution in [0.15, 0.2) is 24.3 Å². The first-order valence-electron chi connectivity index (χ1n) is 7.39. The maximum atomic E-state index is 12.5. The van der Waals surface area contributed by atoms with E-state index in [4.69, 9.17) is 4.74 Å². The third kappa shape index (κ3) is 6.85. The highest BCUT2D eigenvalue weighted by Gasteiger charge is 2.29. The van der Waals surface area contributed by atoms with Crippen molar-refractivity contribution in [1.29, 1.82) is 0 Å². The summed E-state index contributed by atoms with van der Waals surface area (Å²) in [7, 11) is 0. The van der Waals surface area contributed by atoms with Crippen molar-refractivity contribution in [2.24, 2.45) is 0 Å². The number of alkyl halides is 3. The highest BCUT2D eigenvalue weighted by molar-refractivity contribution is 5.36. The molecule has 0 heterocycles. The quantitative estimate of drug-likeness (QED) is 0.740. The minimum atomic E-state index is -4.14. The molecule has 1 N–H and O–H groups in total. The van der Waals surface area contributed by atoms with Crippen LogP contribution in [0, 0.1) is 0 Å². The van der Waals surface area contributed by atoms with E-state index in [1.165, 1.54) is 0 Å². The summed E-state index contributed by atoms with van der Waals surface area (Å²) in [5, 5.41) is 3.19. The average Bonchev–Trinajstić information content (AvgIpc) is 2.38. The first-order chi connectivity index (χ1) is 9.83. The van der Waals surface area contributed by atoms with Gasteiger partial charge in [0.2, 0.25) is 0 Å². The van der Waals surface area contributed by atoms with E-state index < -0.39 is 12.6 Å². The molecule has 2 nitrogen and oxygen atoms in total. The fourth-order valence-electron chi connectivity index (χ4n) is 2.12. The minimum absolute atomic E-state index is 0.0133. The standard InChI is InChI=1S/C16H24F3NO/c1-4-11-20-14(9-10-16(17,18)19)13-7-5-6-8-15(13)21-12(2)3/h5-8,12,14,20H,4,9-11H2,1-3H3. The van der Waals surface area contributed by atoms with Gasteiger partial charge < -0.3 is 10.1 Å². The summed E-state index contributed by atoms with van der Waals surface area (Å²) in [6.07, 6.45) is -4.07. The normalized spacial score (nSPS) is 13.5. The van der Waals surface area contributed by atoms with E-state index in [9.17, 15) is 13.2 Å². The molecule has 0 bridgehead atoms. The zero-order chi connectivity index (χ0) is 15.9. The lowest BCUT2D eigenvalue weighted by Gasteiger charge is -2.23. The van der Waals surface area contributed by atoms with E-state index in [0.29, 0.717) is 12.3 Å². The van der Waals surface area contributed by atoms with Gasteiger partial charge in [-0.05, 0) is 39.3 Å². The molecule has 0 radical (unpaired) electrons. The summed E-state index contributed by atoms with van der Waals surface area (Å²) < 4.78 is 43.2. The van der Waals surface area contributed by atoms with Gasteiger partial charge in [-0.3, -0.25) is 0 Å². The molecule has 5 heteroatoms. The molecule has 0 spiro atoms. The Labute approximate surface area is 124 Å². The van der Waals surface area contributed by atoms with Crippen LogP contribution in [0.25, 0.3) is 0 Å². The van der Waals surface area contributed by atoms with Crippen molar-refractivity contribution in [2.45, 2.75) is 58.4 Å². The number of hydrogen-bond donors (Lipinski definition) is 1. The van der Waals surface area contributed by atoms with Crippen molar-refractivity contribution in [1.82, 2.24) is 5.32 Å².